The lowest BCUT2D eigenvalue weighted by molar-refractivity contribution is 0.666. The van der Waals surface area contributed by atoms with Crippen LogP contribution in [0.2, 0.25) is 0 Å². The fraction of sp³-hybridized carbons (Fsp3) is 0.538. The summed E-state index contributed by atoms with van der Waals surface area (Å²) >= 11 is 1.96. The predicted octanol–water partition coefficient (Wildman–Crippen LogP) is 3.48. The van der Waals surface area contributed by atoms with Crippen LogP contribution in [0, 0.1) is 6.92 Å². The molecule has 0 fully saturated rings. The zero-order chi connectivity index (χ0) is 10.9. The van der Waals surface area contributed by atoms with Crippen molar-refractivity contribution in [2.45, 2.75) is 31.6 Å². The Bertz CT molecular complexity index is 256. The van der Waals surface area contributed by atoms with Crippen molar-refractivity contribution in [1.29, 1.82) is 0 Å². The van der Waals surface area contributed by atoms with E-state index in [0.29, 0.717) is 0 Å². The molecule has 0 aliphatic heterocycles. The van der Waals surface area contributed by atoms with Crippen LogP contribution >= 0.6 is 11.8 Å². The second kappa shape index (κ2) is 7.77. The van der Waals surface area contributed by atoms with Crippen LogP contribution in [-0.4, -0.2) is 18.8 Å². The van der Waals surface area contributed by atoms with Gasteiger partial charge in [-0.3, -0.25) is 0 Å². The van der Waals surface area contributed by atoms with Crippen LogP contribution in [0.25, 0.3) is 0 Å². The van der Waals surface area contributed by atoms with E-state index in [1.165, 1.54) is 29.1 Å². The van der Waals surface area contributed by atoms with Gasteiger partial charge >= 0.3 is 0 Å². The number of rotatable bonds is 7. The summed E-state index contributed by atoms with van der Waals surface area (Å²) in [4.78, 5) is 1.39. The molecule has 0 spiro atoms. The van der Waals surface area contributed by atoms with E-state index in [-0.39, 0.29) is 0 Å². The third kappa shape index (κ3) is 5.85. The maximum atomic E-state index is 3.35. The molecule has 0 saturated heterocycles. The van der Waals surface area contributed by atoms with Gasteiger partial charge in [0.2, 0.25) is 0 Å². The molecule has 1 nitrogen and oxygen atoms in total. The largest absolute Gasteiger partial charge is 0.317 e. The first-order valence-electron chi connectivity index (χ1n) is 5.73. The molecule has 1 aromatic carbocycles. The lowest BCUT2D eigenvalue weighted by atomic mass is 10.2. The van der Waals surface area contributed by atoms with E-state index in [9.17, 15) is 0 Å². The molecule has 0 heterocycles. The molecule has 0 saturated carbocycles. The average Bonchev–Trinajstić information content (AvgIpc) is 2.26. The molecule has 0 amide bonds. The maximum absolute atomic E-state index is 3.35. The molecule has 2 heteroatoms. The van der Waals surface area contributed by atoms with Gasteiger partial charge in [0, 0.05) is 4.90 Å². The fourth-order valence-electron chi connectivity index (χ4n) is 1.35. The molecule has 1 rings (SSSR count). The zero-order valence-electron chi connectivity index (χ0n) is 9.75. The van der Waals surface area contributed by atoms with Gasteiger partial charge in [-0.05, 0) is 50.7 Å². The maximum Gasteiger partial charge on any atom is 0.00721 e. The summed E-state index contributed by atoms with van der Waals surface area (Å²) in [5, 5.41) is 3.35. The van der Waals surface area contributed by atoms with Crippen LogP contribution < -0.4 is 5.32 Å². The topological polar surface area (TPSA) is 12.0 Å². The summed E-state index contributed by atoms with van der Waals surface area (Å²) in [5.41, 5.74) is 1.34. The first-order chi connectivity index (χ1) is 7.33. The number of benzene rings is 1. The monoisotopic (exact) mass is 223 g/mol. The molecule has 0 aromatic heterocycles. The van der Waals surface area contributed by atoms with Crippen LogP contribution in [0.3, 0.4) is 0 Å². The third-order valence-corrected chi connectivity index (χ3v) is 3.39. The molecule has 0 atom stereocenters. The zero-order valence-corrected chi connectivity index (χ0v) is 10.6. The Morgan fingerprint density at radius 2 is 1.87 bits per heavy atom. The standard InChI is InChI=1S/C13H21NS/c1-3-14-10-4-5-11-15-13-8-6-12(2)7-9-13/h6-9,14H,3-5,10-11H2,1-2H3. The molecule has 84 valence electrons. The Balaban J connectivity index is 2.07. The lowest BCUT2D eigenvalue weighted by Gasteiger charge is -2.03. The van der Waals surface area contributed by atoms with Crippen molar-refractivity contribution in [1.82, 2.24) is 5.32 Å². The van der Waals surface area contributed by atoms with E-state index in [2.05, 4.69) is 43.4 Å². The van der Waals surface area contributed by atoms with Crippen LogP contribution in [0.5, 0.6) is 0 Å². The van der Waals surface area contributed by atoms with Gasteiger partial charge in [-0.1, -0.05) is 24.6 Å². The number of nitrogens with one attached hydrogen (secondary N) is 1. The summed E-state index contributed by atoms with van der Waals surface area (Å²) in [6, 6.07) is 8.79. The number of hydrogen-bond acceptors (Lipinski definition) is 2. The minimum absolute atomic E-state index is 1.09. The Labute approximate surface area is 97.7 Å². The second-order valence-electron chi connectivity index (χ2n) is 3.72. The van der Waals surface area contributed by atoms with E-state index in [4.69, 9.17) is 0 Å². The number of unbranched alkanes of at least 4 members (excludes halogenated alkanes) is 1. The first kappa shape index (κ1) is 12.6. The van der Waals surface area contributed by atoms with Gasteiger partial charge in [0.15, 0.2) is 0 Å². The normalized spacial score (nSPS) is 10.5. The van der Waals surface area contributed by atoms with Gasteiger partial charge in [0.25, 0.3) is 0 Å². The Kier molecular flexibility index (Phi) is 6.53. The predicted molar refractivity (Wildman–Crippen MR) is 69.7 cm³/mol. The van der Waals surface area contributed by atoms with Crippen molar-refractivity contribution in [3.05, 3.63) is 29.8 Å². The number of hydrogen-bond donors (Lipinski definition) is 1. The second-order valence-corrected chi connectivity index (χ2v) is 4.89. The van der Waals surface area contributed by atoms with Crippen molar-refractivity contribution in [2.24, 2.45) is 0 Å². The van der Waals surface area contributed by atoms with Gasteiger partial charge in [-0.2, -0.15) is 0 Å². The van der Waals surface area contributed by atoms with E-state index in [1.54, 1.807) is 0 Å². The van der Waals surface area contributed by atoms with Gasteiger partial charge in [0.1, 0.15) is 0 Å². The van der Waals surface area contributed by atoms with Crippen LogP contribution in [0.15, 0.2) is 29.2 Å². The van der Waals surface area contributed by atoms with Crippen LogP contribution in [-0.2, 0) is 0 Å². The Hall–Kier alpha value is -0.470. The smallest absolute Gasteiger partial charge is 0.00721 e. The first-order valence-corrected chi connectivity index (χ1v) is 6.71. The highest BCUT2D eigenvalue weighted by Gasteiger charge is 1.93. The molecule has 0 radical (unpaired) electrons. The van der Waals surface area contributed by atoms with Crippen molar-refractivity contribution >= 4 is 11.8 Å². The quantitative estimate of drug-likeness (QED) is 0.561. The minimum atomic E-state index is 1.09. The van der Waals surface area contributed by atoms with Gasteiger partial charge in [-0.25, -0.2) is 0 Å². The summed E-state index contributed by atoms with van der Waals surface area (Å²) in [6.07, 6.45) is 2.58. The molecule has 0 aliphatic rings. The Morgan fingerprint density at radius 3 is 2.53 bits per heavy atom. The SMILES string of the molecule is CCNCCCCSc1ccc(C)cc1. The summed E-state index contributed by atoms with van der Waals surface area (Å²) in [6.45, 7) is 6.53. The van der Waals surface area contributed by atoms with E-state index < -0.39 is 0 Å². The van der Waals surface area contributed by atoms with Gasteiger partial charge in [0.05, 0.1) is 0 Å². The summed E-state index contributed by atoms with van der Waals surface area (Å²) in [7, 11) is 0. The van der Waals surface area contributed by atoms with E-state index >= 15 is 0 Å². The lowest BCUT2D eigenvalue weighted by Crippen LogP contribution is -2.13. The van der Waals surface area contributed by atoms with Crippen molar-refractivity contribution in [2.75, 3.05) is 18.8 Å². The highest BCUT2D eigenvalue weighted by atomic mass is 32.2. The van der Waals surface area contributed by atoms with Crippen LogP contribution in [0.4, 0.5) is 0 Å². The average molecular weight is 223 g/mol. The molecule has 0 aliphatic carbocycles. The Morgan fingerprint density at radius 1 is 1.13 bits per heavy atom. The highest BCUT2D eigenvalue weighted by Crippen LogP contribution is 2.19. The number of aryl methyl sites for hydroxylation is 1. The minimum Gasteiger partial charge on any atom is -0.317 e. The molecular formula is C13H21NS. The summed E-state index contributed by atoms with van der Waals surface area (Å²) < 4.78 is 0. The number of thioether (sulfide) groups is 1. The van der Waals surface area contributed by atoms with Gasteiger partial charge in [-0.15, -0.1) is 11.8 Å². The molecule has 1 aromatic rings. The van der Waals surface area contributed by atoms with Crippen molar-refractivity contribution < 1.29 is 0 Å². The molecule has 15 heavy (non-hydrogen) atoms. The summed E-state index contributed by atoms with van der Waals surface area (Å²) in [5.74, 6) is 1.23. The van der Waals surface area contributed by atoms with Crippen molar-refractivity contribution in [3.8, 4) is 0 Å². The van der Waals surface area contributed by atoms with E-state index in [1.807, 2.05) is 11.8 Å². The molecular weight excluding hydrogens is 202 g/mol. The van der Waals surface area contributed by atoms with Crippen LogP contribution in [0.1, 0.15) is 25.3 Å². The highest BCUT2D eigenvalue weighted by molar-refractivity contribution is 7.99. The molecule has 0 unspecified atom stereocenters. The van der Waals surface area contributed by atoms with Gasteiger partial charge < -0.3 is 5.32 Å². The molecule has 0 bridgehead atoms. The molecule has 1 N–H and O–H groups in total. The fourth-order valence-corrected chi connectivity index (χ4v) is 2.27. The van der Waals surface area contributed by atoms with Crippen molar-refractivity contribution in [3.63, 3.8) is 0 Å². The third-order valence-electron chi connectivity index (χ3n) is 2.29. The van der Waals surface area contributed by atoms with E-state index in [0.717, 1.165) is 13.1 Å².